The van der Waals surface area contributed by atoms with Gasteiger partial charge >= 0.3 is 5.97 Å². The predicted molar refractivity (Wildman–Crippen MR) is 134 cm³/mol. The Labute approximate surface area is 211 Å². The maximum atomic E-state index is 12.7. The molecule has 1 amide bonds. The third-order valence-corrected chi connectivity index (χ3v) is 6.91. The lowest BCUT2D eigenvalue weighted by molar-refractivity contribution is -0.117. The van der Waals surface area contributed by atoms with E-state index in [0.29, 0.717) is 40.5 Å². The third-order valence-electron chi connectivity index (χ3n) is 6.67. The first-order valence-electron chi connectivity index (χ1n) is 11.8. The monoisotopic (exact) mass is 502 g/mol. The molecule has 2 saturated carbocycles. The zero-order chi connectivity index (χ0) is 24.8. The summed E-state index contributed by atoms with van der Waals surface area (Å²) in [6.45, 7) is 0.337. The van der Waals surface area contributed by atoms with Crippen LogP contribution < -0.4 is 10.6 Å². The number of carboxylic acid groups (broad SMARTS) is 1. The van der Waals surface area contributed by atoms with Gasteiger partial charge in [0.05, 0.1) is 12.2 Å². The van der Waals surface area contributed by atoms with Crippen molar-refractivity contribution in [3.63, 3.8) is 0 Å². The molecule has 1 aromatic carbocycles. The number of halogens is 1. The minimum atomic E-state index is -0.989. The summed E-state index contributed by atoms with van der Waals surface area (Å²) < 4.78 is 1.78. The standard InChI is InChI=1S/C26H23ClN6O3/c27-17-3-1-2-15(6-17)19-8-20(19)25(34)32-23-9-22(29-13-30-23)28-10-18-12-33-11-16(14-4-5-14)7-21(26(35)36)24(33)31-18/h1-3,6-7,9,11-14,19-20H,4-5,8,10H2,(H,35,36)(H2,28,29,30,32,34)/t19-,20+/m1/s1. The molecule has 9 nitrogen and oxygen atoms in total. The lowest BCUT2D eigenvalue weighted by atomic mass is 10.1. The van der Waals surface area contributed by atoms with Crippen molar-refractivity contribution in [3.8, 4) is 0 Å². The molecule has 6 rings (SSSR count). The second-order valence-corrected chi connectivity index (χ2v) is 9.80. The van der Waals surface area contributed by atoms with Crippen molar-refractivity contribution in [3.05, 3.63) is 82.5 Å². The number of anilines is 2. The fourth-order valence-corrected chi connectivity index (χ4v) is 4.77. The van der Waals surface area contributed by atoms with E-state index in [2.05, 4.69) is 25.6 Å². The van der Waals surface area contributed by atoms with Gasteiger partial charge in [0.15, 0.2) is 5.65 Å². The average Bonchev–Trinajstić information content (AvgIpc) is 3.78. The number of hydrogen-bond acceptors (Lipinski definition) is 6. The molecule has 0 radical (unpaired) electrons. The van der Waals surface area contributed by atoms with E-state index in [9.17, 15) is 14.7 Å². The summed E-state index contributed by atoms with van der Waals surface area (Å²) in [5.74, 6) is 0.339. The van der Waals surface area contributed by atoms with Crippen LogP contribution in [0.2, 0.25) is 5.02 Å². The molecule has 0 unspecified atom stereocenters. The molecule has 0 bridgehead atoms. The molecule has 4 aromatic rings. The second-order valence-electron chi connectivity index (χ2n) is 9.36. The van der Waals surface area contributed by atoms with Crippen LogP contribution >= 0.6 is 11.6 Å². The third kappa shape index (κ3) is 4.61. The summed E-state index contributed by atoms with van der Waals surface area (Å²) in [7, 11) is 0. The Morgan fingerprint density at radius 3 is 2.69 bits per heavy atom. The zero-order valence-corrected chi connectivity index (χ0v) is 19.9. The highest BCUT2D eigenvalue weighted by Crippen LogP contribution is 2.48. The van der Waals surface area contributed by atoms with Gasteiger partial charge in [-0.25, -0.2) is 19.7 Å². The van der Waals surface area contributed by atoms with Crippen LogP contribution in [0.4, 0.5) is 11.6 Å². The molecule has 3 heterocycles. The van der Waals surface area contributed by atoms with E-state index in [4.69, 9.17) is 11.6 Å². The topological polar surface area (TPSA) is 122 Å². The van der Waals surface area contributed by atoms with Crippen LogP contribution in [0.5, 0.6) is 0 Å². The molecule has 2 aliphatic rings. The number of benzene rings is 1. The zero-order valence-electron chi connectivity index (χ0n) is 19.2. The Bertz CT molecular complexity index is 1500. The summed E-state index contributed by atoms with van der Waals surface area (Å²) in [6.07, 6.45) is 8.12. The van der Waals surface area contributed by atoms with Crippen molar-refractivity contribution in [2.45, 2.75) is 37.6 Å². The Balaban J connectivity index is 1.11. The molecule has 36 heavy (non-hydrogen) atoms. The van der Waals surface area contributed by atoms with Gasteiger partial charge in [-0.05, 0) is 60.4 Å². The highest BCUT2D eigenvalue weighted by atomic mass is 35.5. The number of hydrogen-bond donors (Lipinski definition) is 3. The average molecular weight is 503 g/mol. The first-order chi connectivity index (χ1) is 17.4. The lowest BCUT2D eigenvalue weighted by Crippen LogP contribution is -2.16. The largest absolute Gasteiger partial charge is 0.478 e. The van der Waals surface area contributed by atoms with Crippen LogP contribution in [-0.2, 0) is 11.3 Å². The molecule has 2 fully saturated rings. The van der Waals surface area contributed by atoms with Gasteiger partial charge in [-0.15, -0.1) is 0 Å². The molecule has 2 atom stereocenters. The van der Waals surface area contributed by atoms with Crippen molar-refractivity contribution in [1.82, 2.24) is 19.4 Å². The van der Waals surface area contributed by atoms with Gasteiger partial charge in [-0.1, -0.05) is 23.7 Å². The Morgan fingerprint density at radius 2 is 1.92 bits per heavy atom. The number of nitrogens with one attached hydrogen (secondary N) is 2. The molecule has 0 saturated heterocycles. The highest BCUT2D eigenvalue weighted by Gasteiger charge is 2.44. The van der Waals surface area contributed by atoms with Crippen LogP contribution in [0, 0.1) is 5.92 Å². The minimum Gasteiger partial charge on any atom is -0.478 e. The number of pyridine rings is 1. The van der Waals surface area contributed by atoms with Crippen molar-refractivity contribution in [1.29, 1.82) is 0 Å². The van der Waals surface area contributed by atoms with Gasteiger partial charge in [0.1, 0.15) is 23.5 Å². The van der Waals surface area contributed by atoms with E-state index in [0.717, 1.165) is 30.4 Å². The van der Waals surface area contributed by atoms with Crippen LogP contribution in [0.25, 0.3) is 5.65 Å². The van der Waals surface area contributed by atoms with Gasteiger partial charge < -0.3 is 20.1 Å². The normalized spacial score (nSPS) is 18.7. The van der Waals surface area contributed by atoms with E-state index in [1.54, 1.807) is 16.5 Å². The molecular weight excluding hydrogens is 480 g/mol. The number of carboxylic acids is 1. The molecule has 3 N–H and O–H groups in total. The van der Waals surface area contributed by atoms with E-state index in [1.165, 1.54) is 6.33 Å². The first-order valence-corrected chi connectivity index (χ1v) is 12.2. The number of nitrogens with zero attached hydrogens (tertiary/aromatic N) is 4. The first kappa shape index (κ1) is 22.5. The number of fused-ring (bicyclic) bond motifs is 1. The predicted octanol–water partition coefficient (Wildman–Crippen LogP) is 4.71. The quantitative estimate of drug-likeness (QED) is 0.319. The summed E-state index contributed by atoms with van der Waals surface area (Å²) in [5.41, 5.74) is 3.39. The van der Waals surface area contributed by atoms with Crippen LogP contribution in [-0.4, -0.2) is 36.3 Å². The number of imidazole rings is 1. The van der Waals surface area contributed by atoms with Crippen molar-refractivity contribution in [2.75, 3.05) is 10.6 Å². The fraction of sp³-hybridized carbons (Fsp3) is 0.269. The summed E-state index contributed by atoms with van der Waals surface area (Å²) in [4.78, 5) is 37.4. The number of carbonyl (C=O) groups excluding carboxylic acids is 1. The Hall–Kier alpha value is -3.98. The number of rotatable bonds is 8. The molecule has 0 aliphatic heterocycles. The van der Waals surface area contributed by atoms with Gasteiger partial charge in [-0.2, -0.15) is 0 Å². The second kappa shape index (κ2) is 8.91. The maximum Gasteiger partial charge on any atom is 0.339 e. The molecule has 0 spiro atoms. The Morgan fingerprint density at radius 1 is 1.08 bits per heavy atom. The van der Waals surface area contributed by atoms with E-state index in [-0.39, 0.29) is 23.3 Å². The molecule has 3 aromatic heterocycles. The van der Waals surface area contributed by atoms with Gasteiger partial charge in [0.25, 0.3) is 0 Å². The molecule has 10 heteroatoms. The number of aromatic carboxylic acids is 1. The summed E-state index contributed by atoms with van der Waals surface area (Å²) >= 11 is 6.08. The van der Waals surface area contributed by atoms with Crippen molar-refractivity contribution in [2.24, 2.45) is 5.92 Å². The Kier molecular flexibility index (Phi) is 5.56. The number of aromatic nitrogens is 4. The lowest BCUT2D eigenvalue weighted by Gasteiger charge is -2.07. The van der Waals surface area contributed by atoms with Gasteiger partial charge in [-0.3, -0.25) is 4.79 Å². The molecular formula is C26H23ClN6O3. The van der Waals surface area contributed by atoms with E-state index in [1.807, 2.05) is 36.7 Å². The van der Waals surface area contributed by atoms with Crippen LogP contribution in [0.1, 0.15) is 58.3 Å². The SMILES string of the molecule is O=C(O)c1cc(C2CC2)cn2cc(CNc3cc(NC(=O)[C@H]4C[C@@H]4c4cccc(Cl)c4)ncn3)nc12. The minimum absolute atomic E-state index is 0.0855. The maximum absolute atomic E-state index is 12.7. The van der Waals surface area contributed by atoms with Gasteiger partial charge in [0, 0.05) is 29.4 Å². The summed E-state index contributed by atoms with van der Waals surface area (Å²) in [5, 5.41) is 16.4. The smallest absolute Gasteiger partial charge is 0.339 e. The summed E-state index contributed by atoms with van der Waals surface area (Å²) in [6, 6.07) is 11.0. The molecule has 2 aliphatic carbocycles. The van der Waals surface area contributed by atoms with Gasteiger partial charge in [0.2, 0.25) is 5.91 Å². The van der Waals surface area contributed by atoms with E-state index >= 15 is 0 Å². The molecule has 182 valence electrons. The van der Waals surface area contributed by atoms with Crippen LogP contribution in [0.3, 0.4) is 0 Å². The van der Waals surface area contributed by atoms with Crippen LogP contribution in [0.15, 0.2) is 55.1 Å². The fourth-order valence-electron chi connectivity index (χ4n) is 4.57. The number of amides is 1. The van der Waals surface area contributed by atoms with Crippen molar-refractivity contribution >= 4 is 40.8 Å². The number of carbonyl (C=O) groups is 2. The van der Waals surface area contributed by atoms with Crippen molar-refractivity contribution < 1.29 is 14.7 Å². The highest BCUT2D eigenvalue weighted by molar-refractivity contribution is 6.30. The van der Waals surface area contributed by atoms with E-state index < -0.39 is 5.97 Å².